The summed E-state index contributed by atoms with van der Waals surface area (Å²) in [5.74, 6) is 0. The number of hydrogen-bond donors (Lipinski definition) is 0. The fourth-order valence-electron chi connectivity index (χ4n) is 0. The molecule has 0 heterocycles. The minimum atomic E-state index is -0.750. The first-order valence-electron chi connectivity index (χ1n) is 0.333. The monoisotopic (exact) mass is 136 g/mol. The van der Waals surface area contributed by atoms with Crippen LogP contribution in [0.15, 0.2) is 0 Å². The summed E-state index contributed by atoms with van der Waals surface area (Å²) in [4.78, 5) is 0. The van der Waals surface area contributed by atoms with Crippen molar-refractivity contribution >= 4 is 36.4 Å². The van der Waals surface area contributed by atoms with Crippen molar-refractivity contribution < 1.29 is 8.42 Å². The molecule has 0 aromatic heterocycles. The van der Waals surface area contributed by atoms with Crippen LogP contribution in [-0.4, -0.2) is 8.42 Å². The lowest BCUT2D eigenvalue weighted by Gasteiger charge is -0.947. The lowest BCUT2D eigenvalue weighted by Crippen LogP contribution is -1.18. The normalized spacial score (nSPS) is 2.40. The van der Waals surface area contributed by atoms with Crippen molar-refractivity contribution in [3.8, 4) is 0 Å². The van der Waals surface area contributed by atoms with Crippen LogP contribution < -0.4 is 0 Å². The Hall–Kier alpha value is 0.400. The van der Waals surface area contributed by atoms with Gasteiger partial charge in [-0.2, -0.15) is 8.42 Å². The van der Waals surface area contributed by atoms with Gasteiger partial charge in [0.25, 0.3) is 0 Å². The third-order valence-corrected chi connectivity index (χ3v) is 0. The summed E-state index contributed by atoms with van der Waals surface area (Å²) < 4.78 is 16.6. The highest BCUT2D eigenvalue weighted by atomic mass is 35.5. The highest BCUT2D eigenvalue weighted by Crippen LogP contribution is 0.846. The average molecular weight is 137 g/mol. The molecule has 0 aliphatic rings. The Morgan fingerprint density at radius 1 is 1.00 bits per heavy atom. The maximum absolute atomic E-state index is 8.29. The van der Waals surface area contributed by atoms with Crippen molar-refractivity contribution in [2.24, 2.45) is 0 Å². The lowest BCUT2D eigenvalue weighted by atomic mass is 15.9. The van der Waals surface area contributed by atoms with Crippen LogP contribution in [0.4, 0.5) is 0 Å². The van der Waals surface area contributed by atoms with Gasteiger partial charge in [0.15, 0.2) is 0 Å². The molecule has 0 fully saturated rings. The average Bonchev–Trinajstić information content (AvgIpc) is 0.918. The number of halogens is 2. The fourth-order valence-corrected chi connectivity index (χ4v) is 0. The summed E-state index contributed by atoms with van der Waals surface area (Å²) in [5.41, 5.74) is 0. The van der Waals surface area contributed by atoms with Crippen LogP contribution in [-0.2, 0) is 11.6 Å². The second-order valence-corrected chi connectivity index (χ2v) is 0.204. The van der Waals surface area contributed by atoms with Gasteiger partial charge in [-0.25, -0.2) is 0 Å². The van der Waals surface area contributed by atoms with E-state index in [-0.39, 0.29) is 24.8 Å². The van der Waals surface area contributed by atoms with Gasteiger partial charge in [0.05, 0.1) is 0 Å². The minimum Gasteiger partial charge on any atom is -0.168 e. The Kier molecular flexibility index (Phi) is 94.2. The maximum atomic E-state index is 8.29. The van der Waals surface area contributed by atoms with E-state index in [0.717, 1.165) is 0 Å². The Bertz CT molecular complexity index is 28.6. The molecule has 0 bridgehead atoms. The topological polar surface area (TPSA) is 34.1 Å². The van der Waals surface area contributed by atoms with Crippen LogP contribution in [0.1, 0.15) is 0 Å². The van der Waals surface area contributed by atoms with Crippen LogP contribution in [0, 0.1) is 0 Å². The zero-order valence-corrected chi connectivity index (χ0v) is 4.49. The van der Waals surface area contributed by atoms with E-state index in [0.29, 0.717) is 0 Å². The molecule has 0 amide bonds. The Morgan fingerprint density at radius 2 is 1.00 bits per heavy atom. The van der Waals surface area contributed by atoms with E-state index in [1.807, 2.05) is 0 Å². The molecule has 2 nitrogen and oxygen atoms in total. The molecule has 0 rings (SSSR count). The molecule has 5 heteroatoms. The van der Waals surface area contributed by atoms with E-state index < -0.39 is 11.6 Å². The van der Waals surface area contributed by atoms with Gasteiger partial charge in [-0.05, 0) is 0 Å². The fraction of sp³-hybridized carbons (Fsp3) is 0. The van der Waals surface area contributed by atoms with Gasteiger partial charge >= 0.3 is 11.6 Å². The van der Waals surface area contributed by atoms with Crippen molar-refractivity contribution in [1.82, 2.24) is 0 Å². The molecule has 0 saturated heterocycles. The van der Waals surface area contributed by atoms with Gasteiger partial charge in [0, 0.05) is 0 Å². The van der Waals surface area contributed by atoms with Gasteiger partial charge < -0.3 is 0 Å². The molecule has 0 unspecified atom stereocenters. The lowest BCUT2D eigenvalue weighted by molar-refractivity contribution is 0.630. The van der Waals surface area contributed by atoms with Crippen LogP contribution in [0.3, 0.4) is 0 Å². The van der Waals surface area contributed by atoms with Gasteiger partial charge in [0.2, 0.25) is 0 Å². The number of rotatable bonds is 0. The predicted octanol–water partition coefficient (Wildman–Crippen LogP) is 0.173. The van der Waals surface area contributed by atoms with E-state index in [1.165, 1.54) is 0 Å². The van der Waals surface area contributed by atoms with Crippen LogP contribution in [0.25, 0.3) is 0 Å². The second kappa shape index (κ2) is 26.0. The molecular formula is H2Cl2O2S. The summed E-state index contributed by atoms with van der Waals surface area (Å²) in [7, 11) is 0. The molecule has 0 aromatic carbocycles. The highest BCUT2D eigenvalue weighted by Gasteiger charge is 1.12. The molecule has 0 aliphatic carbocycles. The first-order chi connectivity index (χ1) is 1.41. The van der Waals surface area contributed by atoms with Gasteiger partial charge in [0.1, 0.15) is 0 Å². The van der Waals surface area contributed by atoms with Gasteiger partial charge in [-0.15, -0.1) is 24.8 Å². The Balaban J connectivity index is -0.0000000200. The highest BCUT2D eigenvalue weighted by molar-refractivity contribution is 7.51. The van der Waals surface area contributed by atoms with E-state index >= 15 is 0 Å². The SMILES string of the molecule is Cl.Cl.O=S=O. The third kappa shape index (κ3) is 158. The summed E-state index contributed by atoms with van der Waals surface area (Å²) in [6, 6.07) is 0. The quantitative estimate of drug-likeness (QED) is 0.477. The molecule has 0 atom stereocenters. The van der Waals surface area contributed by atoms with Crippen molar-refractivity contribution in [1.29, 1.82) is 0 Å². The van der Waals surface area contributed by atoms with Gasteiger partial charge in [-0.1, -0.05) is 0 Å². The standard InChI is InChI=1S/2ClH.O2S/c;;1-3-2/h2*1H;. The molecule has 0 radical (unpaired) electrons. The van der Waals surface area contributed by atoms with Crippen LogP contribution in [0.5, 0.6) is 0 Å². The minimum absolute atomic E-state index is 0. The van der Waals surface area contributed by atoms with Crippen molar-refractivity contribution in [3.63, 3.8) is 0 Å². The van der Waals surface area contributed by atoms with E-state index in [1.54, 1.807) is 0 Å². The summed E-state index contributed by atoms with van der Waals surface area (Å²) in [6.07, 6.45) is 0. The summed E-state index contributed by atoms with van der Waals surface area (Å²) in [5, 5.41) is 0. The van der Waals surface area contributed by atoms with Crippen LogP contribution in [0.2, 0.25) is 0 Å². The molecule has 34 valence electrons. The first-order valence-corrected chi connectivity index (χ1v) is 1.00. The zero-order valence-electron chi connectivity index (χ0n) is 2.04. The molecular weight excluding hydrogens is 135 g/mol. The predicted molar refractivity (Wildman–Crippen MR) is 23.4 cm³/mol. The maximum Gasteiger partial charge on any atom is 0.335 e. The second-order valence-electron chi connectivity index (χ2n) is 0.0680. The van der Waals surface area contributed by atoms with E-state index in [4.69, 9.17) is 8.42 Å². The smallest absolute Gasteiger partial charge is 0.168 e. The molecule has 0 aliphatic heterocycles. The summed E-state index contributed by atoms with van der Waals surface area (Å²) >= 11 is -0.750. The Morgan fingerprint density at radius 3 is 1.00 bits per heavy atom. The number of hydrogen-bond acceptors (Lipinski definition) is 2. The van der Waals surface area contributed by atoms with Crippen molar-refractivity contribution in [2.45, 2.75) is 0 Å². The molecule has 0 saturated carbocycles. The van der Waals surface area contributed by atoms with Crippen molar-refractivity contribution in [2.75, 3.05) is 0 Å². The first kappa shape index (κ1) is 18.2. The molecule has 5 heavy (non-hydrogen) atoms. The summed E-state index contributed by atoms with van der Waals surface area (Å²) in [6.45, 7) is 0. The third-order valence-electron chi connectivity index (χ3n) is 0. The Labute approximate surface area is 45.4 Å². The molecule has 0 spiro atoms. The largest absolute Gasteiger partial charge is 0.335 e. The van der Waals surface area contributed by atoms with Gasteiger partial charge in [-0.3, -0.25) is 0 Å². The molecule has 0 N–H and O–H groups in total. The van der Waals surface area contributed by atoms with Crippen molar-refractivity contribution in [3.05, 3.63) is 0 Å². The van der Waals surface area contributed by atoms with E-state index in [9.17, 15) is 0 Å². The molecule has 0 aromatic rings. The van der Waals surface area contributed by atoms with Crippen LogP contribution >= 0.6 is 24.8 Å². The van der Waals surface area contributed by atoms with E-state index in [2.05, 4.69) is 0 Å². The zero-order chi connectivity index (χ0) is 2.71.